The highest BCUT2D eigenvalue weighted by Crippen LogP contribution is 2.27. The van der Waals surface area contributed by atoms with Gasteiger partial charge in [0.05, 0.1) is 6.61 Å². The van der Waals surface area contributed by atoms with Crippen LogP contribution in [0.2, 0.25) is 0 Å². The normalized spacial score (nSPS) is 14.1. The van der Waals surface area contributed by atoms with Crippen LogP contribution in [0.5, 0.6) is 0 Å². The molecule has 0 aromatic carbocycles. The molecule has 2 nitrogen and oxygen atoms in total. The monoisotopic (exact) mass is 376 g/mol. The molecular formula is C22H42F2O2. The lowest BCUT2D eigenvalue weighted by Crippen LogP contribution is -2.33. The van der Waals surface area contributed by atoms with Crippen molar-refractivity contribution in [3.8, 4) is 0 Å². The molecule has 0 spiro atoms. The van der Waals surface area contributed by atoms with Gasteiger partial charge in [-0.1, -0.05) is 74.1 Å². The summed E-state index contributed by atoms with van der Waals surface area (Å²) < 4.78 is 33.0. The minimum absolute atomic E-state index is 0.102. The Balaban J connectivity index is 4.16. The highest BCUT2D eigenvalue weighted by Gasteiger charge is 2.40. The number of esters is 1. The second-order valence-electron chi connectivity index (χ2n) is 9.75. The molecule has 0 fully saturated rings. The third-order valence-corrected chi connectivity index (χ3v) is 4.95. The molecule has 0 saturated carbocycles. The maximum absolute atomic E-state index is 14.0. The predicted molar refractivity (Wildman–Crippen MR) is 105 cm³/mol. The van der Waals surface area contributed by atoms with Crippen LogP contribution in [-0.2, 0) is 9.53 Å². The number of carbonyl (C=O) groups is 1. The Labute approximate surface area is 160 Å². The van der Waals surface area contributed by atoms with Gasteiger partial charge in [-0.3, -0.25) is 0 Å². The third-order valence-electron chi connectivity index (χ3n) is 4.95. The van der Waals surface area contributed by atoms with Crippen molar-refractivity contribution in [3.05, 3.63) is 0 Å². The van der Waals surface area contributed by atoms with Gasteiger partial charge in [-0.15, -0.1) is 0 Å². The third kappa shape index (κ3) is 12.6. The number of rotatable bonds is 13. The van der Waals surface area contributed by atoms with Crippen LogP contribution in [0.15, 0.2) is 0 Å². The number of carbonyl (C=O) groups excluding carboxylic acids is 1. The standard InChI is InChI=1S/C22H42F2O2/c1-17(2)12-13-19(18(3)4)16-26-20(25)22(23,24)15-11-9-8-10-14-21(5,6)7/h17-19H,8-16H2,1-7H3. The van der Waals surface area contributed by atoms with Crippen LogP contribution in [0.3, 0.4) is 0 Å². The smallest absolute Gasteiger partial charge is 0.376 e. The first-order valence-electron chi connectivity index (χ1n) is 10.4. The van der Waals surface area contributed by atoms with E-state index < -0.39 is 18.3 Å². The SMILES string of the molecule is CC(C)CCC(COC(=O)C(F)(F)CCCCCCC(C)(C)C)C(C)C. The average molecular weight is 377 g/mol. The summed E-state index contributed by atoms with van der Waals surface area (Å²) in [5, 5.41) is 0. The molecule has 1 atom stereocenters. The molecule has 0 heterocycles. The Morgan fingerprint density at radius 2 is 1.42 bits per heavy atom. The zero-order valence-corrected chi connectivity index (χ0v) is 18.2. The van der Waals surface area contributed by atoms with Gasteiger partial charge in [0.25, 0.3) is 0 Å². The Morgan fingerprint density at radius 3 is 1.88 bits per heavy atom. The molecule has 0 aromatic rings. The summed E-state index contributed by atoms with van der Waals surface area (Å²) in [6.45, 7) is 15.0. The van der Waals surface area contributed by atoms with E-state index in [1.54, 1.807) is 0 Å². The van der Waals surface area contributed by atoms with Crippen molar-refractivity contribution in [1.29, 1.82) is 0 Å². The molecule has 1 unspecified atom stereocenters. The molecule has 0 radical (unpaired) electrons. The Hall–Kier alpha value is -0.670. The van der Waals surface area contributed by atoms with Crippen LogP contribution < -0.4 is 0 Å². The minimum atomic E-state index is -3.36. The molecule has 0 bridgehead atoms. The molecule has 0 amide bonds. The van der Waals surface area contributed by atoms with Crippen LogP contribution in [0, 0.1) is 23.2 Å². The molecule has 156 valence electrons. The van der Waals surface area contributed by atoms with E-state index in [9.17, 15) is 13.6 Å². The van der Waals surface area contributed by atoms with Crippen LogP contribution in [0.4, 0.5) is 8.78 Å². The first-order chi connectivity index (χ1) is 11.8. The summed E-state index contributed by atoms with van der Waals surface area (Å²) in [5.41, 5.74) is 0.288. The fourth-order valence-electron chi connectivity index (χ4n) is 2.90. The van der Waals surface area contributed by atoms with Crippen molar-refractivity contribution in [3.63, 3.8) is 0 Å². The zero-order valence-electron chi connectivity index (χ0n) is 18.2. The van der Waals surface area contributed by atoms with Gasteiger partial charge in [-0.05, 0) is 42.4 Å². The van der Waals surface area contributed by atoms with Crippen molar-refractivity contribution in [1.82, 2.24) is 0 Å². The Bertz CT molecular complexity index is 384. The predicted octanol–water partition coefficient (Wildman–Crippen LogP) is 7.26. The maximum Gasteiger partial charge on any atom is 0.376 e. The highest BCUT2D eigenvalue weighted by molar-refractivity contribution is 5.77. The van der Waals surface area contributed by atoms with Crippen molar-refractivity contribution >= 4 is 5.97 Å². The molecule has 0 aliphatic heterocycles. The maximum atomic E-state index is 14.0. The number of halogens is 2. The number of hydrogen-bond acceptors (Lipinski definition) is 2. The molecule has 0 aliphatic rings. The zero-order chi connectivity index (χ0) is 20.4. The molecule has 0 saturated heterocycles. The van der Waals surface area contributed by atoms with Crippen molar-refractivity contribution < 1.29 is 18.3 Å². The fraction of sp³-hybridized carbons (Fsp3) is 0.955. The first-order valence-corrected chi connectivity index (χ1v) is 10.4. The second-order valence-corrected chi connectivity index (χ2v) is 9.75. The number of unbranched alkanes of at least 4 members (excludes halogenated alkanes) is 3. The first kappa shape index (κ1) is 25.3. The summed E-state index contributed by atoms with van der Waals surface area (Å²) in [5.74, 6) is -3.68. The number of ether oxygens (including phenoxy) is 1. The lowest BCUT2D eigenvalue weighted by Gasteiger charge is -2.23. The summed E-state index contributed by atoms with van der Waals surface area (Å²) in [6.07, 6.45) is 5.71. The van der Waals surface area contributed by atoms with Crippen LogP contribution in [0.1, 0.15) is 99.8 Å². The van der Waals surface area contributed by atoms with Crippen molar-refractivity contribution in [2.75, 3.05) is 6.61 Å². The van der Waals surface area contributed by atoms with Gasteiger partial charge in [0.2, 0.25) is 0 Å². The van der Waals surface area contributed by atoms with Gasteiger partial charge < -0.3 is 4.74 Å². The van der Waals surface area contributed by atoms with E-state index in [1.807, 2.05) is 0 Å². The fourth-order valence-corrected chi connectivity index (χ4v) is 2.90. The van der Waals surface area contributed by atoms with E-state index >= 15 is 0 Å². The van der Waals surface area contributed by atoms with Crippen LogP contribution in [-0.4, -0.2) is 18.5 Å². The average Bonchev–Trinajstić information content (AvgIpc) is 2.48. The summed E-state index contributed by atoms with van der Waals surface area (Å²) >= 11 is 0. The van der Waals surface area contributed by atoms with Gasteiger partial charge >= 0.3 is 11.9 Å². The minimum Gasteiger partial charge on any atom is -0.461 e. The topological polar surface area (TPSA) is 26.3 Å². The lowest BCUT2D eigenvalue weighted by molar-refractivity contribution is -0.175. The molecule has 0 N–H and O–H groups in total. The Kier molecular flexibility index (Phi) is 11.6. The van der Waals surface area contributed by atoms with E-state index in [-0.39, 0.29) is 17.9 Å². The number of alkyl halides is 2. The van der Waals surface area contributed by atoms with Gasteiger partial charge in [0.1, 0.15) is 0 Å². The summed E-state index contributed by atoms with van der Waals surface area (Å²) in [4.78, 5) is 11.8. The van der Waals surface area contributed by atoms with Crippen molar-refractivity contribution in [2.45, 2.75) is 106 Å². The molecule has 0 aromatic heterocycles. The Morgan fingerprint density at radius 1 is 0.885 bits per heavy atom. The van der Waals surface area contributed by atoms with Gasteiger partial charge in [0, 0.05) is 6.42 Å². The van der Waals surface area contributed by atoms with E-state index in [0.717, 1.165) is 38.5 Å². The highest BCUT2D eigenvalue weighted by atomic mass is 19.3. The molecule has 0 aliphatic carbocycles. The van der Waals surface area contributed by atoms with Crippen molar-refractivity contribution in [2.24, 2.45) is 23.2 Å². The van der Waals surface area contributed by atoms with Crippen LogP contribution >= 0.6 is 0 Å². The molecular weight excluding hydrogens is 334 g/mol. The quantitative estimate of drug-likeness (QED) is 0.250. The van der Waals surface area contributed by atoms with Gasteiger partial charge in [-0.25, -0.2) is 4.79 Å². The summed E-state index contributed by atoms with van der Waals surface area (Å²) in [7, 11) is 0. The number of hydrogen-bond donors (Lipinski definition) is 0. The molecule has 4 heteroatoms. The van der Waals surface area contributed by atoms with Crippen LogP contribution in [0.25, 0.3) is 0 Å². The van der Waals surface area contributed by atoms with Gasteiger partial charge in [-0.2, -0.15) is 8.78 Å². The second kappa shape index (κ2) is 11.9. The van der Waals surface area contributed by atoms with E-state index in [4.69, 9.17) is 4.74 Å². The van der Waals surface area contributed by atoms with E-state index in [1.165, 1.54) is 0 Å². The summed E-state index contributed by atoms with van der Waals surface area (Å²) in [6, 6.07) is 0. The molecule has 26 heavy (non-hydrogen) atoms. The largest absolute Gasteiger partial charge is 0.461 e. The lowest BCUT2D eigenvalue weighted by atomic mass is 9.89. The van der Waals surface area contributed by atoms with E-state index in [2.05, 4.69) is 48.5 Å². The molecule has 0 rings (SSSR count). The van der Waals surface area contributed by atoms with E-state index in [0.29, 0.717) is 18.3 Å². The van der Waals surface area contributed by atoms with Gasteiger partial charge in [0.15, 0.2) is 0 Å².